The van der Waals surface area contributed by atoms with Crippen LogP contribution in [-0.2, 0) is 0 Å². The molecule has 0 saturated heterocycles. The van der Waals surface area contributed by atoms with Crippen LogP contribution in [-0.4, -0.2) is 16.6 Å². The molecule has 0 aliphatic carbocycles. The van der Waals surface area contributed by atoms with Gasteiger partial charge in [-0.1, -0.05) is 30.3 Å². The average molecular weight is 312 g/mol. The molecule has 24 heavy (non-hydrogen) atoms. The fourth-order valence-electron chi connectivity index (χ4n) is 3.27. The smallest absolute Gasteiger partial charge is 0.151 e. The van der Waals surface area contributed by atoms with Gasteiger partial charge >= 0.3 is 0 Å². The van der Waals surface area contributed by atoms with Gasteiger partial charge in [-0.3, -0.25) is 0 Å². The topological polar surface area (TPSA) is 44.0 Å². The summed E-state index contributed by atoms with van der Waals surface area (Å²) >= 11 is 0. The molecule has 5 rings (SSSR count). The lowest BCUT2D eigenvalue weighted by atomic mass is 10.1. The number of nitrogens with zero attached hydrogens (tertiary/aromatic N) is 2. The highest BCUT2D eigenvalue weighted by Crippen LogP contribution is 2.35. The Labute approximate surface area is 139 Å². The van der Waals surface area contributed by atoms with Crippen LogP contribution in [0.25, 0.3) is 22.2 Å². The number of para-hydroxylation sites is 1. The molecule has 2 aromatic carbocycles. The Hall–Kier alpha value is -3.27. The fraction of sp³-hybridized carbons (Fsp3) is 0.0500. The van der Waals surface area contributed by atoms with Gasteiger partial charge < -0.3 is 15.2 Å². The molecule has 0 fully saturated rings. The van der Waals surface area contributed by atoms with Gasteiger partial charge in [-0.25, -0.2) is 4.98 Å². The number of nitrogens with one attached hydrogen (secondary N) is 2. The van der Waals surface area contributed by atoms with Crippen LogP contribution in [0.3, 0.4) is 0 Å². The van der Waals surface area contributed by atoms with Crippen molar-refractivity contribution in [1.29, 1.82) is 0 Å². The van der Waals surface area contributed by atoms with Crippen molar-refractivity contribution in [2.45, 2.75) is 0 Å². The maximum absolute atomic E-state index is 4.37. The molecule has 2 N–H and O–H groups in total. The molecule has 0 bridgehead atoms. The van der Waals surface area contributed by atoms with E-state index in [2.05, 4.69) is 80.8 Å². The maximum Gasteiger partial charge on any atom is 0.151 e. The monoisotopic (exact) mass is 312 g/mol. The van der Waals surface area contributed by atoms with Crippen molar-refractivity contribution in [3.8, 4) is 11.3 Å². The lowest BCUT2D eigenvalue weighted by Crippen LogP contribution is -2.16. The first-order valence-electron chi connectivity index (χ1n) is 8.03. The van der Waals surface area contributed by atoms with Crippen LogP contribution in [0, 0.1) is 0 Å². The zero-order chi connectivity index (χ0) is 15.9. The third-order valence-electron chi connectivity index (χ3n) is 4.50. The molecule has 0 unspecified atom stereocenters. The van der Waals surface area contributed by atoms with E-state index in [4.69, 9.17) is 0 Å². The number of benzene rings is 2. The number of pyridine rings is 1. The highest BCUT2D eigenvalue weighted by Gasteiger charge is 2.20. The summed E-state index contributed by atoms with van der Waals surface area (Å²) in [7, 11) is 0. The molecule has 4 aromatic rings. The number of H-pyrrole nitrogens is 1. The maximum atomic E-state index is 4.37. The molecule has 4 nitrogen and oxygen atoms in total. The van der Waals surface area contributed by atoms with E-state index >= 15 is 0 Å². The van der Waals surface area contributed by atoms with Crippen LogP contribution in [0.1, 0.15) is 0 Å². The van der Waals surface area contributed by atoms with E-state index in [9.17, 15) is 0 Å². The van der Waals surface area contributed by atoms with E-state index in [0.29, 0.717) is 0 Å². The molecule has 0 spiro atoms. The quantitative estimate of drug-likeness (QED) is 0.561. The van der Waals surface area contributed by atoms with Gasteiger partial charge in [0, 0.05) is 28.5 Å². The number of anilines is 3. The predicted octanol–water partition coefficient (Wildman–Crippen LogP) is 4.75. The zero-order valence-electron chi connectivity index (χ0n) is 13.0. The van der Waals surface area contributed by atoms with Gasteiger partial charge in [0.2, 0.25) is 0 Å². The summed E-state index contributed by atoms with van der Waals surface area (Å²) in [5.41, 5.74) is 5.78. The number of rotatable bonds is 2. The summed E-state index contributed by atoms with van der Waals surface area (Å²) in [6.45, 7) is 0.748. The molecule has 0 amide bonds. The highest BCUT2D eigenvalue weighted by atomic mass is 15.3. The first-order valence-corrected chi connectivity index (χ1v) is 8.03. The van der Waals surface area contributed by atoms with Gasteiger partial charge in [-0.05, 0) is 42.0 Å². The second-order valence-electron chi connectivity index (χ2n) is 5.95. The minimum atomic E-state index is 0.748. The minimum absolute atomic E-state index is 0.748. The van der Waals surface area contributed by atoms with Gasteiger partial charge in [-0.2, -0.15) is 0 Å². The van der Waals surface area contributed by atoms with Crippen molar-refractivity contribution in [3.05, 3.63) is 72.9 Å². The van der Waals surface area contributed by atoms with Crippen LogP contribution in [0.15, 0.2) is 72.9 Å². The molecule has 116 valence electrons. The summed E-state index contributed by atoms with van der Waals surface area (Å²) in [5.74, 6) is 0.942. The Kier molecular flexibility index (Phi) is 2.82. The average Bonchev–Trinajstić information content (AvgIpc) is 3.26. The molecular weight excluding hydrogens is 296 g/mol. The van der Waals surface area contributed by atoms with Gasteiger partial charge in [-0.15, -0.1) is 0 Å². The Balaban J connectivity index is 1.49. The van der Waals surface area contributed by atoms with Crippen LogP contribution in [0.5, 0.6) is 0 Å². The Morgan fingerprint density at radius 3 is 2.67 bits per heavy atom. The van der Waals surface area contributed by atoms with E-state index in [1.54, 1.807) is 0 Å². The lowest BCUT2D eigenvalue weighted by Gasteiger charge is -2.17. The van der Waals surface area contributed by atoms with Crippen molar-refractivity contribution in [3.63, 3.8) is 0 Å². The van der Waals surface area contributed by atoms with Crippen LogP contribution >= 0.6 is 0 Å². The summed E-state index contributed by atoms with van der Waals surface area (Å²) < 4.78 is 0. The van der Waals surface area contributed by atoms with Crippen LogP contribution in [0.2, 0.25) is 0 Å². The Morgan fingerprint density at radius 1 is 0.917 bits per heavy atom. The zero-order valence-corrected chi connectivity index (χ0v) is 13.0. The van der Waals surface area contributed by atoms with Crippen LogP contribution < -0.4 is 10.2 Å². The van der Waals surface area contributed by atoms with Crippen molar-refractivity contribution < 1.29 is 0 Å². The molecule has 0 radical (unpaired) electrons. The van der Waals surface area contributed by atoms with Crippen molar-refractivity contribution in [2.75, 3.05) is 16.9 Å². The first kappa shape index (κ1) is 13.2. The van der Waals surface area contributed by atoms with Crippen molar-refractivity contribution >= 4 is 28.1 Å². The van der Waals surface area contributed by atoms with E-state index in [1.165, 1.54) is 16.5 Å². The Morgan fingerprint density at radius 2 is 1.79 bits per heavy atom. The summed E-state index contributed by atoms with van der Waals surface area (Å²) in [5, 5.41) is 4.56. The molecular formula is C20H16N4. The highest BCUT2D eigenvalue weighted by molar-refractivity contribution is 5.86. The summed E-state index contributed by atoms with van der Waals surface area (Å²) in [4.78, 5) is 10.1. The molecule has 4 heteroatoms. The molecule has 0 atom stereocenters. The molecule has 0 saturated carbocycles. The fourth-order valence-corrected chi connectivity index (χ4v) is 3.27. The van der Waals surface area contributed by atoms with E-state index in [0.717, 1.165) is 29.6 Å². The second-order valence-corrected chi connectivity index (χ2v) is 5.95. The number of aromatic amines is 1. The number of aromatic nitrogens is 2. The first-order chi connectivity index (χ1) is 11.9. The largest absolute Gasteiger partial charge is 0.355 e. The summed E-state index contributed by atoms with van der Waals surface area (Å²) in [6.07, 6.45) is 1.81. The van der Waals surface area contributed by atoms with Crippen molar-refractivity contribution in [2.24, 2.45) is 0 Å². The van der Waals surface area contributed by atoms with E-state index < -0.39 is 0 Å². The van der Waals surface area contributed by atoms with Gasteiger partial charge in [0.05, 0.1) is 12.4 Å². The predicted molar refractivity (Wildman–Crippen MR) is 98.6 cm³/mol. The second kappa shape index (κ2) is 5.13. The third-order valence-corrected chi connectivity index (χ3v) is 4.50. The van der Waals surface area contributed by atoms with E-state index in [-0.39, 0.29) is 0 Å². The molecule has 1 aliphatic heterocycles. The third kappa shape index (κ3) is 2.04. The van der Waals surface area contributed by atoms with Crippen LogP contribution in [0.4, 0.5) is 17.2 Å². The molecule has 1 aliphatic rings. The number of hydrogen-bond donors (Lipinski definition) is 2. The van der Waals surface area contributed by atoms with Gasteiger partial charge in [0.1, 0.15) is 0 Å². The minimum Gasteiger partial charge on any atom is -0.355 e. The number of hydrogen-bond acceptors (Lipinski definition) is 3. The van der Waals surface area contributed by atoms with E-state index in [1.807, 2.05) is 12.3 Å². The molecule has 2 aromatic heterocycles. The van der Waals surface area contributed by atoms with Gasteiger partial charge in [0.15, 0.2) is 5.82 Å². The van der Waals surface area contributed by atoms with Crippen molar-refractivity contribution in [1.82, 2.24) is 9.97 Å². The van der Waals surface area contributed by atoms with Gasteiger partial charge in [0.25, 0.3) is 0 Å². The standard InChI is InChI=1S/C20H16N4/c1-2-5-17-15(4-1)12-18(23-17)14-7-9-16(10-8-14)24-13-22-20-19(24)6-3-11-21-20/h1-12,23H,13H2,(H,21,22). The molecule has 3 heterocycles. The summed E-state index contributed by atoms with van der Waals surface area (Å²) in [6, 6.07) is 23.2. The lowest BCUT2D eigenvalue weighted by molar-refractivity contribution is 1.10. The SMILES string of the molecule is c1cnc2c(c1)N(c1ccc(-c3cc4ccccc4[nH]3)cc1)CN2. The Bertz CT molecular complexity index is 984. The normalized spacial score (nSPS) is 13.1. The number of fused-ring (bicyclic) bond motifs is 2.